The van der Waals surface area contributed by atoms with Gasteiger partial charge in [0.2, 0.25) is 0 Å². The second-order valence-corrected chi connectivity index (χ2v) is 6.02. The Labute approximate surface area is 106 Å². The van der Waals surface area contributed by atoms with Crippen LogP contribution in [0.25, 0.3) is 10.1 Å². The summed E-state index contributed by atoms with van der Waals surface area (Å²) >= 11 is 1.92. The Morgan fingerprint density at radius 3 is 3.00 bits per heavy atom. The maximum atomic E-state index is 3.51. The van der Waals surface area contributed by atoms with Gasteiger partial charge in [0.05, 0.1) is 0 Å². The third-order valence-corrected chi connectivity index (χ3v) is 4.77. The molecule has 1 saturated heterocycles. The van der Waals surface area contributed by atoms with Gasteiger partial charge in [0.15, 0.2) is 0 Å². The number of nitrogens with one attached hydrogen (secondary N) is 1. The van der Waals surface area contributed by atoms with Gasteiger partial charge in [0.25, 0.3) is 0 Å². The zero-order chi connectivity index (χ0) is 11.8. The first-order valence-corrected chi connectivity index (χ1v) is 6.98. The van der Waals surface area contributed by atoms with Gasteiger partial charge < -0.3 is 5.32 Å². The molecule has 0 radical (unpaired) electrons. The van der Waals surface area contributed by atoms with Gasteiger partial charge in [0.1, 0.15) is 0 Å². The summed E-state index contributed by atoms with van der Waals surface area (Å²) in [6, 6.07) is 9.29. The zero-order valence-electron chi connectivity index (χ0n) is 10.4. The Hall–Kier alpha value is -0.900. The smallest absolute Gasteiger partial charge is 0.0487 e. The molecule has 3 rings (SSSR count). The summed E-state index contributed by atoms with van der Waals surface area (Å²) in [6.45, 7) is 5.56. The lowest BCUT2D eigenvalue weighted by Crippen LogP contribution is -2.43. The molecule has 1 fully saturated rings. The van der Waals surface area contributed by atoms with Crippen molar-refractivity contribution < 1.29 is 0 Å². The van der Waals surface area contributed by atoms with Crippen LogP contribution in [0.2, 0.25) is 0 Å². The average Bonchev–Trinajstić information content (AvgIpc) is 2.66. The van der Waals surface area contributed by atoms with Gasteiger partial charge in [-0.2, -0.15) is 0 Å². The SMILES string of the molecule is Cc1sc2ccccc2c1C1CNCCN1C. The van der Waals surface area contributed by atoms with Crippen LogP contribution < -0.4 is 5.32 Å². The van der Waals surface area contributed by atoms with Crippen LogP contribution in [0.3, 0.4) is 0 Å². The van der Waals surface area contributed by atoms with E-state index in [0.717, 1.165) is 19.6 Å². The zero-order valence-corrected chi connectivity index (χ0v) is 11.2. The Kier molecular flexibility index (Phi) is 2.90. The number of piperazine rings is 1. The van der Waals surface area contributed by atoms with E-state index in [1.807, 2.05) is 11.3 Å². The van der Waals surface area contributed by atoms with E-state index in [9.17, 15) is 0 Å². The first kappa shape index (κ1) is 11.2. The highest BCUT2D eigenvalue weighted by Crippen LogP contribution is 2.36. The van der Waals surface area contributed by atoms with E-state index >= 15 is 0 Å². The number of thiophene rings is 1. The molecule has 90 valence electrons. The van der Waals surface area contributed by atoms with Crippen molar-refractivity contribution in [1.29, 1.82) is 0 Å². The van der Waals surface area contributed by atoms with Gasteiger partial charge >= 0.3 is 0 Å². The monoisotopic (exact) mass is 246 g/mol. The van der Waals surface area contributed by atoms with Gasteiger partial charge in [-0.3, -0.25) is 4.90 Å². The number of fused-ring (bicyclic) bond motifs is 1. The molecule has 1 aromatic carbocycles. The highest BCUT2D eigenvalue weighted by atomic mass is 32.1. The first-order chi connectivity index (χ1) is 8.27. The molecule has 0 saturated carbocycles. The maximum Gasteiger partial charge on any atom is 0.0487 e. The first-order valence-electron chi connectivity index (χ1n) is 6.16. The fourth-order valence-corrected chi connectivity index (χ4v) is 3.85. The minimum atomic E-state index is 0.528. The highest BCUT2D eigenvalue weighted by molar-refractivity contribution is 7.19. The molecule has 0 aliphatic carbocycles. The summed E-state index contributed by atoms with van der Waals surface area (Å²) in [6.07, 6.45) is 0. The molecule has 1 aromatic heterocycles. The second-order valence-electron chi connectivity index (χ2n) is 4.77. The summed E-state index contributed by atoms with van der Waals surface area (Å²) in [5.41, 5.74) is 1.53. The largest absolute Gasteiger partial charge is 0.314 e. The summed E-state index contributed by atoms with van der Waals surface area (Å²) in [5.74, 6) is 0. The molecule has 1 unspecified atom stereocenters. The summed E-state index contributed by atoms with van der Waals surface area (Å²) < 4.78 is 1.42. The number of nitrogens with zero attached hydrogens (tertiary/aromatic N) is 1. The molecule has 2 nitrogen and oxygen atoms in total. The molecule has 3 heteroatoms. The molecule has 1 aliphatic heterocycles. The molecule has 1 atom stereocenters. The Morgan fingerprint density at radius 1 is 1.35 bits per heavy atom. The topological polar surface area (TPSA) is 15.3 Å². The number of aryl methyl sites for hydroxylation is 1. The predicted octanol–water partition coefficient (Wildman–Crippen LogP) is 2.79. The van der Waals surface area contributed by atoms with E-state index in [1.54, 1.807) is 0 Å². The fraction of sp³-hybridized carbons (Fsp3) is 0.429. The van der Waals surface area contributed by atoms with Crippen LogP contribution in [0.15, 0.2) is 24.3 Å². The molecule has 17 heavy (non-hydrogen) atoms. The quantitative estimate of drug-likeness (QED) is 0.832. The Morgan fingerprint density at radius 2 is 2.18 bits per heavy atom. The van der Waals surface area contributed by atoms with E-state index in [2.05, 4.69) is 48.5 Å². The predicted molar refractivity (Wildman–Crippen MR) is 74.8 cm³/mol. The summed E-state index contributed by atoms with van der Waals surface area (Å²) in [7, 11) is 2.23. The molecule has 1 N–H and O–H groups in total. The van der Waals surface area contributed by atoms with E-state index in [1.165, 1.54) is 20.5 Å². The molecule has 2 aromatic rings. The van der Waals surface area contributed by atoms with Crippen molar-refractivity contribution in [1.82, 2.24) is 10.2 Å². The van der Waals surface area contributed by atoms with Gasteiger partial charge in [-0.15, -0.1) is 11.3 Å². The average molecular weight is 246 g/mol. The van der Waals surface area contributed by atoms with Gasteiger partial charge in [-0.25, -0.2) is 0 Å². The van der Waals surface area contributed by atoms with Crippen molar-refractivity contribution in [3.8, 4) is 0 Å². The van der Waals surface area contributed by atoms with Crippen molar-refractivity contribution in [2.75, 3.05) is 26.7 Å². The van der Waals surface area contributed by atoms with Crippen LogP contribution in [-0.2, 0) is 0 Å². The van der Waals surface area contributed by atoms with E-state index in [0.29, 0.717) is 6.04 Å². The van der Waals surface area contributed by atoms with Crippen LogP contribution in [0.4, 0.5) is 0 Å². The third-order valence-electron chi connectivity index (χ3n) is 3.66. The molecule has 0 bridgehead atoms. The molecular weight excluding hydrogens is 228 g/mol. The van der Waals surface area contributed by atoms with Crippen LogP contribution in [0, 0.1) is 6.92 Å². The molecule has 1 aliphatic rings. The number of hydrogen-bond donors (Lipinski definition) is 1. The van der Waals surface area contributed by atoms with Crippen LogP contribution >= 0.6 is 11.3 Å². The third kappa shape index (κ3) is 1.88. The Bertz CT molecular complexity index is 532. The van der Waals surface area contributed by atoms with Crippen LogP contribution in [0.5, 0.6) is 0 Å². The molecule has 0 amide bonds. The van der Waals surface area contributed by atoms with Crippen LogP contribution in [0.1, 0.15) is 16.5 Å². The standard InChI is InChI=1S/C14H18N2S/c1-10-14(12-9-15-7-8-16(12)2)11-5-3-4-6-13(11)17-10/h3-6,12,15H,7-9H2,1-2H3. The fourth-order valence-electron chi connectivity index (χ4n) is 2.73. The number of benzene rings is 1. The molecule has 0 spiro atoms. The summed E-state index contributed by atoms with van der Waals surface area (Å²) in [5, 5.41) is 4.95. The second kappa shape index (κ2) is 4.41. The Balaban J connectivity index is 2.12. The lowest BCUT2D eigenvalue weighted by molar-refractivity contribution is 0.203. The number of likely N-dealkylation sites (N-methyl/N-ethyl adjacent to an activating group) is 1. The lowest BCUT2D eigenvalue weighted by atomic mass is 10.0. The highest BCUT2D eigenvalue weighted by Gasteiger charge is 2.24. The van der Waals surface area contributed by atoms with Gasteiger partial charge in [0, 0.05) is 35.3 Å². The maximum absolute atomic E-state index is 3.51. The minimum absolute atomic E-state index is 0.528. The van der Waals surface area contributed by atoms with E-state index < -0.39 is 0 Å². The molecular formula is C14H18N2S. The van der Waals surface area contributed by atoms with Crippen molar-refractivity contribution >= 4 is 21.4 Å². The minimum Gasteiger partial charge on any atom is -0.314 e. The molecule has 2 heterocycles. The van der Waals surface area contributed by atoms with E-state index in [-0.39, 0.29) is 0 Å². The number of hydrogen-bond acceptors (Lipinski definition) is 3. The van der Waals surface area contributed by atoms with Gasteiger partial charge in [-0.1, -0.05) is 18.2 Å². The van der Waals surface area contributed by atoms with Gasteiger partial charge in [-0.05, 0) is 31.0 Å². The normalized spacial score (nSPS) is 22.1. The summed E-state index contributed by atoms with van der Waals surface area (Å²) in [4.78, 5) is 3.93. The number of rotatable bonds is 1. The lowest BCUT2D eigenvalue weighted by Gasteiger charge is -2.33. The van der Waals surface area contributed by atoms with Crippen molar-refractivity contribution in [2.45, 2.75) is 13.0 Å². The van der Waals surface area contributed by atoms with Crippen LogP contribution in [-0.4, -0.2) is 31.6 Å². The van der Waals surface area contributed by atoms with E-state index in [4.69, 9.17) is 0 Å². The van der Waals surface area contributed by atoms with Crippen molar-refractivity contribution in [3.63, 3.8) is 0 Å². The van der Waals surface area contributed by atoms with Crippen molar-refractivity contribution in [2.24, 2.45) is 0 Å². The van der Waals surface area contributed by atoms with Crippen molar-refractivity contribution in [3.05, 3.63) is 34.7 Å².